The second-order valence-electron chi connectivity index (χ2n) is 3.45. The summed E-state index contributed by atoms with van der Waals surface area (Å²) in [6.45, 7) is 3.51. The molecule has 0 aliphatic rings. The zero-order valence-corrected chi connectivity index (χ0v) is 9.38. The molecule has 0 aliphatic heterocycles. The molecule has 3 heteroatoms. The quantitative estimate of drug-likeness (QED) is 0.835. The summed E-state index contributed by atoms with van der Waals surface area (Å²) in [6.07, 6.45) is 0. The molecular weight excluding hydrogens is 230 g/mol. The molecule has 0 saturated carbocycles. The van der Waals surface area contributed by atoms with Crippen LogP contribution in [0.3, 0.4) is 0 Å². The number of aliphatic hydroxyl groups is 1. The molecule has 0 aliphatic carbocycles. The van der Waals surface area contributed by atoms with Crippen molar-refractivity contribution < 1.29 is 5.11 Å². The second kappa shape index (κ2) is 3.78. The fourth-order valence-corrected chi connectivity index (χ4v) is 1.47. The molecule has 1 aromatic carbocycles. The first-order valence-corrected chi connectivity index (χ1v) is 4.98. The van der Waals surface area contributed by atoms with Crippen molar-refractivity contribution in [3.05, 3.63) is 34.3 Å². The Kier molecular flexibility index (Phi) is 3.11. The van der Waals surface area contributed by atoms with Crippen molar-refractivity contribution in [2.24, 2.45) is 5.73 Å². The van der Waals surface area contributed by atoms with E-state index in [9.17, 15) is 5.11 Å². The first-order chi connectivity index (χ1) is 5.94. The van der Waals surface area contributed by atoms with Crippen molar-refractivity contribution in [3.63, 3.8) is 0 Å². The standard InChI is InChI=1S/C10H14BrNO/c1-7(12)10(2,13)8-4-3-5-9(11)6-8/h3-7,13H,12H2,1-2H3. The maximum Gasteiger partial charge on any atom is 0.102 e. The van der Waals surface area contributed by atoms with Gasteiger partial charge < -0.3 is 10.8 Å². The third-order valence-electron chi connectivity index (χ3n) is 2.30. The smallest absolute Gasteiger partial charge is 0.102 e. The zero-order valence-electron chi connectivity index (χ0n) is 7.79. The van der Waals surface area contributed by atoms with Gasteiger partial charge in [0.25, 0.3) is 0 Å². The van der Waals surface area contributed by atoms with Gasteiger partial charge in [-0.1, -0.05) is 28.1 Å². The summed E-state index contributed by atoms with van der Waals surface area (Å²) in [5, 5.41) is 10.0. The molecular formula is C10H14BrNO. The van der Waals surface area contributed by atoms with Crippen molar-refractivity contribution in [2.45, 2.75) is 25.5 Å². The van der Waals surface area contributed by atoms with Crippen LogP contribution in [-0.2, 0) is 5.60 Å². The number of nitrogens with two attached hydrogens (primary N) is 1. The molecule has 0 fully saturated rings. The van der Waals surface area contributed by atoms with Crippen LogP contribution in [0.15, 0.2) is 28.7 Å². The van der Waals surface area contributed by atoms with Gasteiger partial charge in [0.05, 0.1) is 0 Å². The highest BCUT2D eigenvalue weighted by Crippen LogP contribution is 2.25. The predicted octanol–water partition coefficient (Wildman–Crippen LogP) is 2.00. The highest BCUT2D eigenvalue weighted by atomic mass is 79.9. The van der Waals surface area contributed by atoms with Crippen LogP contribution in [0.5, 0.6) is 0 Å². The van der Waals surface area contributed by atoms with Gasteiger partial charge in [-0.2, -0.15) is 0 Å². The van der Waals surface area contributed by atoms with E-state index in [1.54, 1.807) is 13.8 Å². The SMILES string of the molecule is CC(N)C(C)(O)c1cccc(Br)c1. The summed E-state index contributed by atoms with van der Waals surface area (Å²) in [5.74, 6) is 0. The van der Waals surface area contributed by atoms with Crippen molar-refractivity contribution >= 4 is 15.9 Å². The number of hydrogen-bond acceptors (Lipinski definition) is 2. The predicted molar refractivity (Wildman–Crippen MR) is 57.4 cm³/mol. The van der Waals surface area contributed by atoms with E-state index >= 15 is 0 Å². The molecule has 0 bridgehead atoms. The highest BCUT2D eigenvalue weighted by Gasteiger charge is 2.27. The summed E-state index contributed by atoms with van der Waals surface area (Å²) in [7, 11) is 0. The fraction of sp³-hybridized carbons (Fsp3) is 0.400. The van der Waals surface area contributed by atoms with E-state index in [4.69, 9.17) is 5.73 Å². The van der Waals surface area contributed by atoms with Crippen LogP contribution in [0.4, 0.5) is 0 Å². The van der Waals surface area contributed by atoms with Crippen LogP contribution in [-0.4, -0.2) is 11.1 Å². The van der Waals surface area contributed by atoms with Gasteiger partial charge in [-0.05, 0) is 31.5 Å². The first kappa shape index (κ1) is 10.7. The largest absolute Gasteiger partial charge is 0.384 e. The van der Waals surface area contributed by atoms with E-state index in [0.717, 1.165) is 10.0 Å². The maximum absolute atomic E-state index is 10.0. The number of benzene rings is 1. The summed E-state index contributed by atoms with van der Waals surface area (Å²) in [6, 6.07) is 7.26. The molecule has 2 unspecified atom stereocenters. The van der Waals surface area contributed by atoms with Gasteiger partial charge in [-0.15, -0.1) is 0 Å². The number of rotatable bonds is 2. The Morgan fingerprint density at radius 3 is 2.62 bits per heavy atom. The summed E-state index contributed by atoms with van der Waals surface area (Å²) >= 11 is 3.35. The van der Waals surface area contributed by atoms with E-state index in [1.165, 1.54) is 0 Å². The van der Waals surface area contributed by atoms with E-state index in [-0.39, 0.29) is 6.04 Å². The Morgan fingerprint density at radius 1 is 1.54 bits per heavy atom. The minimum absolute atomic E-state index is 0.290. The lowest BCUT2D eigenvalue weighted by Gasteiger charge is -2.28. The first-order valence-electron chi connectivity index (χ1n) is 4.18. The van der Waals surface area contributed by atoms with E-state index < -0.39 is 5.60 Å². The van der Waals surface area contributed by atoms with E-state index in [0.29, 0.717) is 0 Å². The highest BCUT2D eigenvalue weighted by molar-refractivity contribution is 9.10. The van der Waals surface area contributed by atoms with Gasteiger partial charge in [0, 0.05) is 10.5 Å². The average Bonchev–Trinajstić information content (AvgIpc) is 2.04. The van der Waals surface area contributed by atoms with Crippen LogP contribution in [0.25, 0.3) is 0 Å². The van der Waals surface area contributed by atoms with Crippen LogP contribution in [0.2, 0.25) is 0 Å². The Labute approximate surface area is 86.9 Å². The summed E-state index contributed by atoms with van der Waals surface area (Å²) in [5.41, 5.74) is 5.55. The molecule has 13 heavy (non-hydrogen) atoms. The van der Waals surface area contributed by atoms with Crippen LogP contribution in [0, 0.1) is 0 Å². The van der Waals surface area contributed by atoms with Crippen molar-refractivity contribution in [2.75, 3.05) is 0 Å². The number of hydrogen-bond donors (Lipinski definition) is 2. The molecule has 0 radical (unpaired) electrons. The lowest BCUT2D eigenvalue weighted by molar-refractivity contribution is 0.0348. The molecule has 2 atom stereocenters. The fourth-order valence-electron chi connectivity index (χ4n) is 1.07. The van der Waals surface area contributed by atoms with Gasteiger partial charge in [-0.3, -0.25) is 0 Å². The second-order valence-corrected chi connectivity index (χ2v) is 4.36. The van der Waals surface area contributed by atoms with Gasteiger partial charge >= 0.3 is 0 Å². The topological polar surface area (TPSA) is 46.2 Å². The molecule has 0 heterocycles. The number of halogens is 1. The van der Waals surface area contributed by atoms with E-state index in [1.807, 2.05) is 24.3 Å². The van der Waals surface area contributed by atoms with Crippen LogP contribution in [0.1, 0.15) is 19.4 Å². The minimum Gasteiger partial charge on any atom is -0.384 e. The van der Waals surface area contributed by atoms with Crippen LogP contribution < -0.4 is 5.73 Å². The Balaban J connectivity index is 3.07. The monoisotopic (exact) mass is 243 g/mol. The Bertz CT molecular complexity index is 297. The molecule has 0 aromatic heterocycles. The van der Waals surface area contributed by atoms with Crippen LogP contribution >= 0.6 is 15.9 Å². The Morgan fingerprint density at radius 2 is 2.15 bits per heavy atom. The molecule has 0 spiro atoms. The lowest BCUT2D eigenvalue weighted by atomic mass is 9.90. The molecule has 0 amide bonds. The third kappa shape index (κ3) is 2.30. The zero-order chi connectivity index (χ0) is 10.1. The molecule has 3 N–H and O–H groups in total. The van der Waals surface area contributed by atoms with Gasteiger partial charge in [0.2, 0.25) is 0 Å². The van der Waals surface area contributed by atoms with E-state index in [2.05, 4.69) is 15.9 Å². The minimum atomic E-state index is -0.968. The van der Waals surface area contributed by atoms with Crippen molar-refractivity contribution in [3.8, 4) is 0 Å². The van der Waals surface area contributed by atoms with Gasteiger partial charge in [0.1, 0.15) is 5.60 Å². The molecule has 1 rings (SSSR count). The van der Waals surface area contributed by atoms with Crippen molar-refractivity contribution in [1.29, 1.82) is 0 Å². The van der Waals surface area contributed by atoms with Gasteiger partial charge in [0.15, 0.2) is 0 Å². The normalized spacial score (nSPS) is 17.9. The lowest BCUT2D eigenvalue weighted by Crippen LogP contribution is -2.40. The molecule has 2 nitrogen and oxygen atoms in total. The summed E-state index contributed by atoms with van der Waals surface area (Å²) < 4.78 is 0.950. The summed E-state index contributed by atoms with van der Waals surface area (Å²) in [4.78, 5) is 0. The molecule has 72 valence electrons. The average molecular weight is 244 g/mol. The maximum atomic E-state index is 10.0. The molecule has 1 aromatic rings. The van der Waals surface area contributed by atoms with Gasteiger partial charge in [-0.25, -0.2) is 0 Å². The Hall–Kier alpha value is -0.380. The van der Waals surface area contributed by atoms with Crippen molar-refractivity contribution in [1.82, 2.24) is 0 Å². The molecule has 0 saturated heterocycles. The third-order valence-corrected chi connectivity index (χ3v) is 2.79.